The third kappa shape index (κ3) is 4.48. The van der Waals surface area contributed by atoms with Gasteiger partial charge in [0.05, 0.1) is 5.69 Å². The molecule has 0 radical (unpaired) electrons. The Kier molecular flexibility index (Phi) is 7.09. The van der Waals surface area contributed by atoms with Crippen LogP contribution in [0.15, 0.2) is 29.1 Å². The van der Waals surface area contributed by atoms with E-state index >= 15 is 0 Å². The number of likely N-dealkylation sites (tertiary alicyclic amines) is 1. The molecule has 0 amide bonds. The van der Waals surface area contributed by atoms with Gasteiger partial charge in [0, 0.05) is 55.5 Å². The number of aromatic hydroxyl groups is 1. The van der Waals surface area contributed by atoms with Crippen LogP contribution in [0, 0.1) is 0 Å². The third-order valence-electron chi connectivity index (χ3n) is 7.06. The Morgan fingerprint density at radius 3 is 2.76 bits per heavy atom. The van der Waals surface area contributed by atoms with E-state index in [-0.39, 0.29) is 0 Å². The maximum absolute atomic E-state index is 12.4. The molecule has 3 aromatic rings. The van der Waals surface area contributed by atoms with Crippen molar-refractivity contribution in [2.45, 2.75) is 51.6 Å². The number of H-pyrrole nitrogens is 1. The van der Waals surface area contributed by atoms with Crippen LogP contribution in [0.3, 0.4) is 0 Å². The van der Waals surface area contributed by atoms with E-state index in [9.17, 15) is 19.8 Å². The Morgan fingerprint density at radius 2 is 2.06 bits per heavy atom. The van der Waals surface area contributed by atoms with Crippen molar-refractivity contribution in [2.24, 2.45) is 7.05 Å². The van der Waals surface area contributed by atoms with Gasteiger partial charge in [0.15, 0.2) is 5.56 Å². The summed E-state index contributed by atoms with van der Waals surface area (Å²) in [5, 5.41) is 20.8. The van der Waals surface area contributed by atoms with Gasteiger partial charge >= 0.3 is 5.97 Å². The van der Waals surface area contributed by atoms with Crippen LogP contribution in [0.25, 0.3) is 22.2 Å². The van der Waals surface area contributed by atoms with E-state index in [0.29, 0.717) is 23.7 Å². The first-order valence-corrected chi connectivity index (χ1v) is 11.9. The zero-order valence-corrected chi connectivity index (χ0v) is 20.1. The number of aromatic nitrogens is 2. The molecule has 1 unspecified atom stereocenters. The first-order valence-electron chi connectivity index (χ1n) is 11.9. The number of hydrogen-bond donors (Lipinski definition) is 3. The highest BCUT2D eigenvalue weighted by Crippen LogP contribution is 2.33. The number of carboxylic acids is 1. The average Bonchev–Trinajstić information content (AvgIpc) is 3.12. The average molecular weight is 468 g/mol. The molecule has 1 saturated heterocycles. The SMILES string of the molecule is CCc1c(-c2ccc3c(c2)cc(CN2CCCCC2CCOC)n3C)[nH]c(=O)c(C(=O)O)c1O. The molecule has 8 nitrogen and oxygen atoms in total. The summed E-state index contributed by atoms with van der Waals surface area (Å²) in [4.78, 5) is 29.0. The molecule has 4 rings (SSSR count). The number of aromatic amines is 1. The van der Waals surface area contributed by atoms with Gasteiger partial charge in [-0.15, -0.1) is 0 Å². The lowest BCUT2D eigenvalue weighted by molar-refractivity contribution is 0.0691. The molecule has 3 N–H and O–H groups in total. The Hall–Kier alpha value is -3.10. The van der Waals surface area contributed by atoms with Gasteiger partial charge in [-0.2, -0.15) is 0 Å². The fourth-order valence-corrected chi connectivity index (χ4v) is 5.19. The lowest BCUT2D eigenvalue weighted by Gasteiger charge is -2.35. The van der Waals surface area contributed by atoms with Crippen molar-refractivity contribution >= 4 is 16.9 Å². The van der Waals surface area contributed by atoms with Gasteiger partial charge in [-0.1, -0.05) is 19.4 Å². The number of nitrogens with one attached hydrogen (secondary N) is 1. The number of methoxy groups -OCH3 is 1. The summed E-state index contributed by atoms with van der Waals surface area (Å²) in [7, 11) is 3.82. The Balaban J connectivity index is 1.70. The van der Waals surface area contributed by atoms with Crippen molar-refractivity contribution in [3.05, 3.63) is 51.4 Å². The van der Waals surface area contributed by atoms with Crippen molar-refractivity contribution in [3.63, 3.8) is 0 Å². The zero-order chi connectivity index (χ0) is 24.4. The molecule has 0 aliphatic carbocycles. The molecule has 1 fully saturated rings. The monoisotopic (exact) mass is 467 g/mol. The molecule has 0 spiro atoms. The maximum atomic E-state index is 12.4. The second-order valence-corrected chi connectivity index (χ2v) is 9.06. The van der Waals surface area contributed by atoms with E-state index in [0.717, 1.165) is 42.6 Å². The van der Waals surface area contributed by atoms with Gasteiger partial charge in [-0.25, -0.2) is 4.79 Å². The molecule has 0 bridgehead atoms. The second-order valence-electron chi connectivity index (χ2n) is 9.06. The van der Waals surface area contributed by atoms with Crippen LogP contribution in [0.2, 0.25) is 0 Å². The number of rotatable bonds is 8. The third-order valence-corrected chi connectivity index (χ3v) is 7.06. The fourth-order valence-electron chi connectivity index (χ4n) is 5.19. The molecular weight excluding hydrogens is 434 g/mol. The van der Waals surface area contributed by atoms with Crippen LogP contribution in [-0.4, -0.2) is 56.9 Å². The van der Waals surface area contributed by atoms with E-state index in [1.54, 1.807) is 7.11 Å². The number of fused-ring (bicyclic) bond motifs is 1. The molecule has 1 atom stereocenters. The summed E-state index contributed by atoms with van der Waals surface area (Å²) in [5.41, 5.74) is 2.48. The summed E-state index contributed by atoms with van der Waals surface area (Å²) in [5.74, 6) is -1.90. The highest BCUT2D eigenvalue weighted by molar-refractivity contribution is 5.92. The molecule has 3 heterocycles. The molecule has 8 heteroatoms. The second kappa shape index (κ2) is 10.0. The van der Waals surface area contributed by atoms with Gasteiger partial charge in [0.2, 0.25) is 0 Å². The number of aryl methyl sites for hydroxylation is 1. The van der Waals surface area contributed by atoms with Crippen molar-refractivity contribution in [3.8, 4) is 17.0 Å². The minimum absolute atomic E-state index is 0.383. The number of nitrogens with zero attached hydrogens (tertiary/aromatic N) is 2. The minimum Gasteiger partial charge on any atom is -0.506 e. The molecule has 1 aliphatic heterocycles. The lowest BCUT2D eigenvalue weighted by atomic mass is 9.99. The van der Waals surface area contributed by atoms with Crippen LogP contribution in [0.5, 0.6) is 5.75 Å². The quantitative estimate of drug-likeness (QED) is 0.464. The van der Waals surface area contributed by atoms with E-state index in [2.05, 4.69) is 27.6 Å². The molecule has 1 aliphatic rings. The van der Waals surface area contributed by atoms with E-state index in [4.69, 9.17) is 4.74 Å². The van der Waals surface area contributed by atoms with Crippen LogP contribution in [0.4, 0.5) is 0 Å². The van der Waals surface area contributed by atoms with Crippen LogP contribution >= 0.6 is 0 Å². The highest BCUT2D eigenvalue weighted by Gasteiger charge is 2.24. The van der Waals surface area contributed by atoms with Crippen LogP contribution < -0.4 is 5.56 Å². The molecule has 2 aromatic heterocycles. The first kappa shape index (κ1) is 24.0. The number of pyridine rings is 1. The normalized spacial score (nSPS) is 16.9. The van der Waals surface area contributed by atoms with Crippen molar-refractivity contribution in [2.75, 3.05) is 20.3 Å². The number of benzene rings is 1. The van der Waals surface area contributed by atoms with Crippen molar-refractivity contribution in [1.82, 2.24) is 14.5 Å². The summed E-state index contributed by atoms with van der Waals surface area (Å²) in [6.07, 6.45) is 5.08. The van der Waals surface area contributed by atoms with E-state index < -0.39 is 22.8 Å². The predicted octanol–water partition coefficient (Wildman–Crippen LogP) is 3.89. The summed E-state index contributed by atoms with van der Waals surface area (Å²) < 4.78 is 7.52. The summed E-state index contributed by atoms with van der Waals surface area (Å²) in [6.45, 7) is 4.53. The van der Waals surface area contributed by atoms with E-state index in [1.165, 1.54) is 25.0 Å². The highest BCUT2D eigenvalue weighted by atomic mass is 16.5. The Bertz CT molecular complexity index is 1260. The van der Waals surface area contributed by atoms with Gasteiger partial charge in [0.1, 0.15) is 5.75 Å². The largest absolute Gasteiger partial charge is 0.506 e. The Morgan fingerprint density at radius 1 is 1.26 bits per heavy atom. The molecule has 0 saturated carbocycles. The first-order chi connectivity index (χ1) is 16.3. The maximum Gasteiger partial charge on any atom is 0.345 e. The van der Waals surface area contributed by atoms with Gasteiger partial charge < -0.3 is 24.5 Å². The molecule has 182 valence electrons. The standard InChI is InChI=1S/C26H33N3O5/c1-4-20-23(27-25(31)22(24(20)30)26(32)33)16-8-9-21-17(13-16)14-19(28(21)2)15-29-11-6-5-7-18(29)10-12-34-3/h8-9,13-14,18H,4-7,10-12,15H2,1-3H3,(H,32,33)(H2,27,30,31). The number of carboxylic acid groups (broad SMARTS) is 1. The molecule has 34 heavy (non-hydrogen) atoms. The number of piperidine rings is 1. The van der Waals surface area contributed by atoms with Gasteiger partial charge in [-0.05, 0) is 56.0 Å². The number of ether oxygens (including phenoxy) is 1. The van der Waals surface area contributed by atoms with Gasteiger partial charge in [-0.3, -0.25) is 9.69 Å². The topological polar surface area (TPSA) is 108 Å². The van der Waals surface area contributed by atoms with Crippen LogP contribution in [0.1, 0.15) is 54.2 Å². The number of carbonyl (C=O) groups is 1. The van der Waals surface area contributed by atoms with Crippen LogP contribution in [-0.2, 0) is 24.8 Å². The van der Waals surface area contributed by atoms with Gasteiger partial charge in [0.25, 0.3) is 5.56 Å². The molecular formula is C26H33N3O5. The van der Waals surface area contributed by atoms with Crippen molar-refractivity contribution in [1.29, 1.82) is 0 Å². The minimum atomic E-state index is -1.44. The zero-order valence-electron chi connectivity index (χ0n) is 20.1. The van der Waals surface area contributed by atoms with Crippen molar-refractivity contribution < 1.29 is 19.7 Å². The Labute approximate surface area is 198 Å². The molecule has 1 aromatic carbocycles. The number of hydrogen-bond acceptors (Lipinski definition) is 5. The fraction of sp³-hybridized carbons (Fsp3) is 0.462. The lowest BCUT2D eigenvalue weighted by Crippen LogP contribution is -2.39. The van der Waals surface area contributed by atoms with E-state index in [1.807, 2.05) is 25.1 Å². The number of aromatic carboxylic acids is 1. The predicted molar refractivity (Wildman–Crippen MR) is 132 cm³/mol. The summed E-state index contributed by atoms with van der Waals surface area (Å²) >= 11 is 0. The summed E-state index contributed by atoms with van der Waals surface area (Å²) in [6, 6.07) is 8.60. The smallest absolute Gasteiger partial charge is 0.345 e.